The van der Waals surface area contributed by atoms with Crippen LogP contribution < -0.4 is 15.6 Å². The smallest absolute Gasteiger partial charge is 0.276 e. The van der Waals surface area contributed by atoms with Crippen molar-refractivity contribution in [3.63, 3.8) is 0 Å². The molecule has 2 aromatic carbocycles. The number of ether oxygens (including phenoxy) is 1. The van der Waals surface area contributed by atoms with Crippen molar-refractivity contribution in [3.05, 3.63) is 64.7 Å². The predicted molar refractivity (Wildman–Crippen MR) is 102 cm³/mol. The lowest BCUT2D eigenvalue weighted by Gasteiger charge is -2.11. The fourth-order valence-corrected chi connectivity index (χ4v) is 2.44. The molecule has 2 amide bonds. The van der Waals surface area contributed by atoms with E-state index in [0.717, 1.165) is 23.1 Å². The van der Waals surface area contributed by atoms with Crippen molar-refractivity contribution < 1.29 is 14.3 Å². The van der Waals surface area contributed by atoms with Crippen molar-refractivity contribution >= 4 is 11.8 Å². The minimum Gasteiger partial charge on any atom is -0.483 e. The first-order valence-corrected chi connectivity index (χ1v) is 8.83. The number of benzene rings is 2. The van der Waals surface area contributed by atoms with Gasteiger partial charge in [0, 0.05) is 6.42 Å². The third kappa shape index (κ3) is 6.24. The Hall–Kier alpha value is -2.82. The number of carbonyl (C=O) groups is 2. The van der Waals surface area contributed by atoms with Crippen LogP contribution in [-0.2, 0) is 22.4 Å². The molecule has 0 saturated carbocycles. The molecule has 0 spiro atoms. The number of hydrogen-bond donors (Lipinski definition) is 2. The number of nitrogens with one attached hydrogen (secondary N) is 2. The Morgan fingerprint density at radius 1 is 0.923 bits per heavy atom. The second kappa shape index (κ2) is 9.61. The van der Waals surface area contributed by atoms with Gasteiger partial charge in [0.15, 0.2) is 6.61 Å². The molecule has 26 heavy (non-hydrogen) atoms. The topological polar surface area (TPSA) is 67.4 Å². The summed E-state index contributed by atoms with van der Waals surface area (Å²) >= 11 is 0. The summed E-state index contributed by atoms with van der Waals surface area (Å²) in [4.78, 5) is 23.7. The van der Waals surface area contributed by atoms with E-state index in [1.807, 2.05) is 44.2 Å². The van der Waals surface area contributed by atoms with E-state index in [2.05, 4.69) is 29.9 Å². The molecule has 0 aliphatic heterocycles. The van der Waals surface area contributed by atoms with Crippen LogP contribution >= 0.6 is 0 Å². The van der Waals surface area contributed by atoms with E-state index in [4.69, 9.17) is 4.74 Å². The summed E-state index contributed by atoms with van der Waals surface area (Å²) in [6.07, 6.45) is 1.94. The van der Waals surface area contributed by atoms with E-state index in [0.29, 0.717) is 18.6 Å². The maximum Gasteiger partial charge on any atom is 0.276 e. The van der Waals surface area contributed by atoms with E-state index >= 15 is 0 Å². The highest BCUT2D eigenvalue weighted by molar-refractivity contribution is 5.82. The lowest BCUT2D eigenvalue weighted by molar-refractivity contribution is -0.130. The normalized spacial score (nSPS) is 10.3. The molecule has 0 bridgehead atoms. The van der Waals surface area contributed by atoms with Crippen LogP contribution in [0.5, 0.6) is 5.75 Å². The van der Waals surface area contributed by atoms with Crippen LogP contribution in [0.25, 0.3) is 0 Å². The third-order valence-electron chi connectivity index (χ3n) is 4.12. The summed E-state index contributed by atoms with van der Waals surface area (Å²) in [5.74, 6) is 0.0400. The Morgan fingerprint density at radius 2 is 1.58 bits per heavy atom. The minimum absolute atomic E-state index is 0.150. The predicted octanol–water partition coefficient (Wildman–Crippen LogP) is 3.02. The molecule has 0 radical (unpaired) electrons. The molecule has 0 saturated heterocycles. The molecular formula is C21H26N2O3. The maximum atomic E-state index is 11.9. The summed E-state index contributed by atoms with van der Waals surface area (Å²) in [6.45, 7) is 5.84. The van der Waals surface area contributed by atoms with Gasteiger partial charge in [0.1, 0.15) is 5.75 Å². The Morgan fingerprint density at radius 3 is 2.27 bits per heavy atom. The zero-order valence-electron chi connectivity index (χ0n) is 15.6. The van der Waals surface area contributed by atoms with Gasteiger partial charge in [-0.3, -0.25) is 20.4 Å². The second-order valence-electron chi connectivity index (χ2n) is 6.32. The van der Waals surface area contributed by atoms with Crippen molar-refractivity contribution in [1.82, 2.24) is 10.9 Å². The molecule has 0 heterocycles. The molecular weight excluding hydrogens is 328 g/mol. The van der Waals surface area contributed by atoms with Gasteiger partial charge in [-0.1, -0.05) is 43.3 Å². The van der Waals surface area contributed by atoms with Gasteiger partial charge in [0.25, 0.3) is 5.91 Å². The number of carbonyl (C=O) groups excluding carboxylic acids is 2. The molecule has 0 aromatic heterocycles. The second-order valence-corrected chi connectivity index (χ2v) is 6.32. The van der Waals surface area contributed by atoms with Crippen molar-refractivity contribution in [2.75, 3.05) is 6.61 Å². The molecule has 0 unspecified atom stereocenters. The standard InChI is InChI=1S/C21H26N2O3/c1-4-17-7-9-18(10-8-17)11-12-20(24)22-23-21(25)14-26-19-13-15(2)5-6-16(19)3/h5-10,13H,4,11-12,14H2,1-3H3,(H,22,24)(H,23,25). The Labute approximate surface area is 154 Å². The summed E-state index contributed by atoms with van der Waals surface area (Å²) in [5, 5.41) is 0. The van der Waals surface area contributed by atoms with Gasteiger partial charge in [-0.05, 0) is 55.0 Å². The fraction of sp³-hybridized carbons (Fsp3) is 0.333. The number of aryl methyl sites for hydroxylation is 4. The van der Waals surface area contributed by atoms with Gasteiger partial charge in [-0.2, -0.15) is 0 Å². The summed E-state index contributed by atoms with van der Waals surface area (Å²) < 4.78 is 5.50. The number of hydrogen-bond acceptors (Lipinski definition) is 3. The largest absolute Gasteiger partial charge is 0.483 e. The van der Waals surface area contributed by atoms with Gasteiger partial charge in [0.2, 0.25) is 5.91 Å². The number of hydrazine groups is 1. The molecule has 0 aliphatic carbocycles. The Kier molecular flexibility index (Phi) is 7.21. The zero-order chi connectivity index (χ0) is 18.9. The SMILES string of the molecule is CCc1ccc(CCC(=O)NNC(=O)COc2cc(C)ccc2C)cc1. The highest BCUT2D eigenvalue weighted by atomic mass is 16.5. The molecule has 0 atom stereocenters. The van der Waals surface area contributed by atoms with E-state index in [-0.39, 0.29) is 12.5 Å². The highest BCUT2D eigenvalue weighted by Gasteiger charge is 2.07. The first-order chi connectivity index (χ1) is 12.5. The first kappa shape index (κ1) is 19.5. The monoisotopic (exact) mass is 354 g/mol. The van der Waals surface area contributed by atoms with E-state index < -0.39 is 5.91 Å². The average Bonchev–Trinajstić information content (AvgIpc) is 2.65. The van der Waals surface area contributed by atoms with E-state index in [1.54, 1.807) is 0 Å². The summed E-state index contributed by atoms with van der Waals surface area (Å²) in [7, 11) is 0. The van der Waals surface area contributed by atoms with Crippen molar-refractivity contribution in [2.24, 2.45) is 0 Å². The highest BCUT2D eigenvalue weighted by Crippen LogP contribution is 2.18. The van der Waals surface area contributed by atoms with Gasteiger partial charge in [-0.15, -0.1) is 0 Å². The zero-order valence-corrected chi connectivity index (χ0v) is 15.6. The molecule has 5 nitrogen and oxygen atoms in total. The van der Waals surface area contributed by atoms with Gasteiger partial charge in [0.05, 0.1) is 0 Å². The van der Waals surface area contributed by atoms with Gasteiger partial charge in [-0.25, -0.2) is 0 Å². The van der Waals surface area contributed by atoms with Crippen molar-refractivity contribution in [3.8, 4) is 5.75 Å². The molecule has 5 heteroatoms. The van der Waals surface area contributed by atoms with Crippen LogP contribution in [-0.4, -0.2) is 18.4 Å². The molecule has 0 aliphatic rings. The molecule has 2 N–H and O–H groups in total. The third-order valence-corrected chi connectivity index (χ3v) is 4.12. The Balaban J connectivity index is 1.69. The number of rotatable bonds is 7. The molecule has 0 fully saturated rings. The number of amides is 2. The lowest BCUT2D eigenvalue weighted by Crippen LogP contribution is -2.43. The minimum atomic E-state index is -0.397. The van der Waals surface area contributed by atoms with E-state index in [1.165, 1.54) is 5.56 Å². The van der Waals surface area contributed by atoms with Crippen LogP contribution in [0, 0.1) is 13.8 Å². The van der Waals surface area contributed by atoms with Crippen LogP contribution in [0.15, 0.2) is 42.5 Å². The van der Waals surface area contributed by atoms with E-state index in [9.17, 15) is 9.59 Å². The Bertz CT molecular complexity index is 754. The van der Waals surface area contributed by atoms with Crippen LogP contribution in [0.1, 0.15) is 35.6 Å². The molecule has 2 rings (SSSR count). The molecule has 138 valence electrons. The van der Waals surface area contributed by atoms with Crippen LogP contribution in [0.2, 0.25) is 0 Å². The van der Waals surface area contributed by atoms with Gasteiger partial charge < -0.3 is 4.74 Å². The fourth-order valence-electron chi connectivity index (χ4n) is 2.44. The lowest BCUT2D eigenvalue weighted by atomic mass is 10.1. The van der Waals surface area contributed by atoms with Crippen LogP contribution in [0.3, 0.4) is 0 Å². The quantitative estimate of drug-likeness (QED) is 0.751. The van der Waals surface area contributed by atoms with Crippen molar-refractivity contribution in [2.45, 2.75) is 40.0 Å². The average molecular weight is 354 g/mol. The van der Waals surface area contributed by atoms with Crippen LogP contribution in [0.4, 0.5) is 0 Å². The van der Waals surface area contributed by atoms with Crippen molar-refractivity contribution in [1.29, 1.82) is 0 Å². The molecule has 2 aromatic rings. The first-order valence-electron chi connectivity index (χ1n) is 8.83. The summed E-state index contributed by atoms with van der Waals surface area (Å²) in [6, 6.07) is 14.0. The summed E-state index contributed by atoms with van der Waals surface area (Å²) in [5.41, 5.74) is 9.19. The maximum absolute atomic E-state index is 11.9. The van der Waals surface area contributed by atoms with Gasteiger partial charge >= 0.3 is 0 Å².